The van der Waals surface area contributed by atoms with Crippen LogP contribution in [0.5, 0.6) is 0 Å². The smallest absolute Gasteiger partial charge is 0.324 e. The van der Waals surface area contributed by atoms with Gasteiger partial charge in [-0.2, -0.15) is 0 Å². The number of esters is 1. The average molecular weight is 217 g/mol. The van der Waals surface area contributed by atoms with Gasteiger partial charge >= 0.3 is 5.97 Å². The van der Waals surface area contributed by atoms with Gasteiger partial charge in [-0.1, -0.05) is 0 Å². The van der Waals surface area contributed by atoms with Crippen LogP contribution in [0.3, 0.4) is 0 Å². The Morgan fingerprint density at radius 3 is 2.93 bits per heavy atom. The summed E-state index contributed by atoms with van der Waals surface area (Å²) in [6.07, 6.45) is 0.767. The molecule has 15 heavy (non-hydrogen) atoms. The van der Waals surface area contributed by atoms with Crippen molar-refractivity contribution in [3.8, 4) is 0 Å². The lowest BCUT2D eigenvalue weighted by molar-refractivity contribution is -0.150. The molecule has 1 aliphatic heterocycles. The molecule has 0 bridgehead atoms. The van der Waals surface area contributed by atoms with E-state index in [0.29, 0.717) is 6.54 Å². The van der Waals surface area contributed by atoms with E-state index in [9.17, 15) is 9.90 Å². The van der Waals surface area contributed by atoms with Crippen LogP contribution in [-0.4, -0.2) is 48.1 Å². The van der Waals surface area contributed by atoms with E-state index in [1.165, 1.54) is 7.11 Å². The molecule has 1 heterocycles. The molecule has 0 aromatic rings. The van der Waals surface area contributed by atoms with Crippen LogP contribution < -0.4 is 11.2 Å². The molecular formula is C9H19N3O3. The predicted molar refractivity (Wildman–Crippen MR) is 54.5 cm³/mol. The van der Waals surface area contributed by atoms with Crippen molar-refractivity contribution in [3.63, 3.8) is 0 Å². The van der Waals surface area contributed by atoms with E-state index in [1.807, 2.05) is 0 Å². The Labute approximate surface area is 89.3 Å². The zero-order valence-electron chi connectivity index (χ0n) is 9.14. The maximum absolute atomic E-state index is 11.3. The Bertz CT molecular complexity index is 223. The molecule has 4 N–H and O–H groups in total. The molecule has 0 aliphatic carbocycles. The van der Waals surface area contributed by atoms with E-state index in [4.69, 9.17) is 5.73 Å². The summed E-state index contributed by atoms with van der Waals surface area (Å²) in [5, 5.41) is 11.3. The van der Waals surface area contributed by atoms with Gasteiger partial charge in [0, 0.05) is 12.6 Å². The monoisotopic (exact) mass is 217 g/mol. The minimum Gasteiger partial charge on any atom is -0.468 e. The summed E-state index contributed by atoms with van der Waals surface area (Å²) in [6.45, 7) is 2.39. The quantitative estimate of drug-likeness (QED) is 0.514. The number of carbonyl (C=O) groups is 1. The van der Waals surface area contributed by atoms with Gasteiger partial charge in [0.15, 0.2) is 0 Å². The highest BCUT2D eigenvalue weighted by Crippen LogP contribution is 2.11. The van der Waals surface area contributed by atoms with Crippen molar-refractivity contribution in [3.05, 3.63) is 0 Å². The minimum atomic E-state index is -0.780. The number of methoxy groups -OCH3 is 1. The van der Waals surface area contributed by atoms with Crippen molar-refractivity contribution in [1.29, 1.82) is 0 Å². The van der Waals surface area contributed by atoms with Crippen LogP contribution >= 0.6 is 0 Å². The summed E-state index contributed by atoms with van der Waals surface area (Å²) in [5.41, 5.74) is 8.49. The van der Waals surface area contributed by atoms with Crippen LogP contribution in [0, 0.1) is 0 Å². The standard InChI is InChI=1S/C9H19N3O3/c1-6(10)8(13)12-5-3-4-7(11-12)9(14)15-2/h6-8,11,13H,3-5,10H2,1-2H3/t6-,7-,8?/m0/s1. The zero-order valence-corrected chi connectivity index (χ0v) is 9.14. The summed E-state index contributed by atoms with van der Waals surface area (Å²) in [5.74, 6) is -0.309. The third-order valence-electron chi connectivity index (χ3n) is 2.49. The first-order chi connectivity index (χ1) is 7.06. The number of aliphatic hydroxyl groups is 1. The average Bonchev–Trinajstić information content (AvgIpc) is 2.27. The van der Waals surface area contributed by atoms with Gasteiger partial charge < -0.3 is 15.6 Å². The van der Waals surface area contributed by atoms with Crippen LogP contribution in [0.4, 0.5) is 0 Å². The largest absolute Gasteiger partial charge is 0.468 e. The number of rotatable bonds is 3. The third kappa shape index (κ3) is 3.13. The van der Waals surface area contributed by atoms with E-state index in [2.05, 4.69) is 10.2 Å². The topological polar surface area (TPSA) is 87.8 Å². The highest BCUT2D eigenvalue weighted by molar-refractivity contribution is 5.75. The van der Waals surface area contributed by atoms with Crippen LogP contribution in [0.25, 0.3) is 0 Å². The Balaban J connectivity index is 2.52. The predicted octanol–water partition coefficient (Wildman–Crippen LogP) is -1.21. The van der Waals surface area contributed by atoms with Gasteiger partial charge in [0.2, 0.25) is 0 Å². The number of ether oxygens (including phenoxy) is 1. The lowest BCUT2D eigenvalue weighted by atomic mass is 10.1. The lowest BCUT2D eigenvalue weighted by Gasteiger charge is -2.36. The van der Waals surface area contributed by atoms with Crippen molar-refractivity contribution in [2.24, 2.45) is 5.73 Å². The molecule has 0 spiro atoms. The molecule has 1 saturated heterocycles. The minimum absolute atomic E-state index is 0.309. The molecule has 0 aromatic heterocycles. The summed E-state index contributed by atoms with van der Waals surface area (Å²) in [7, 11) is 1.35. The fourth-order valence-electron chi connectivity index (χ4n) is 1.60. The van der Waals surface area contributed by atoms with Crippen LogP contribution in [0.1, 0.15) is 19.8 Å². The molecule has 1 aliphatic rings. The van der Waals surface area contributed by atoms with Crippen LogP contribution in [-0.2, 0) is 9.53 Å². The first-order valence-corrected chi connectivity index (χ1v) is 5.10. The van der Waals surface area contributed by atoms with E-state index in [1.54, 1.807) is 11.9 Å². The zero-order chi connectivity index (χ0) is 11.4. The second-order valence-electron chi connectivity index (χ2n) is 3.81. The molecule has 0 amide bonds. The Kier molecular flexibility index (Phi) is 4.46. The second-order valence-corrected chi connectivity index (χ2v) is 3.81. The van der Waals surface area contributed by atoms with Gasteiger partial charge in [0.1, 0.15) is 12.3 Å². The fourth-order valence-corrected chi connectivity index (χ4v) is 1.60. The van der Waals surface area contributed by atoms with Crippen molar-refractivity contribution >= 4 is 5.97 Å². The third-order valence-corrected chi connectivity index (χ3v) is 2.49. The molecule has 6 nitrogen and oxygen atoms in total. The molecule has 88 valence electrons. The summed E-state index contributed by atoms with van der Waals surface area (Å²) in [6, 6.07) is -0.744. The van der Waals surface area contributed by atoms with Crippen LogP contribution in [0.2, 0.25) is 0 Å². The first kappa shape index (κ1) is 12.4. The van der Waals surface area contributed by atoms with Gasteiger partial charge in [0.25, 0.3) is 0 Å². The maximum atomic E-state index is 11.3. The number of nitrogens with zero attached hydrogens (tertiary/aromatic N) is 1. The Hall–Kier alpha value is -0.690. The summed E-state index contributed by atoms with van der Waals surface area (Å²) < 4.78 is 4.64. The number of carbonyl (C=O) groups excluding carboxylic acids is 1. The van der Waals surface area contributed by atoms with Gasteiger partial charge in [-0.3, -0.25) is 4.79 Å². The molecule has 1 unspecified atom stereocenters. The van der Waals surface area contributed by atoms with Crippen molar-refractivity contribution in [2.75, 3.05) is 13.7 Å². The Morgan fingerprint density at radius 1 is 1.73 bits per heavy atom. The molecule has 1 fully saturated rings. The maximum Gasteiger partial charge on any atom is 0.324 e. The number of hydrogen-bond acceptors (Lipinski definition) is 6. The molecule has 1 rings (SSSR count). The van der Waals surface area contributed by atoms with E-state index >= 15 is 0 Å². The Morgan fingerprint density at radius 2 is 2.40 bits per heavy atom. The van der Waals surface area contributed by atoms with Gasteiger partial charge in [-0.15, -0.1) is 0 Å². The van der Waals surface area contributed by atoms with Crippen molar-refractivity contribution < 1.29 is 14.6 Å². The number of nitrogens with one attached hydrogen (secondary N) is 1. The SMILES string of the molecule is COC(=O)[C@@H]1CCCN(C(O)[C@H](C)N)N1. The highest BCUT2D eigenvalue weighted by atomic mass is 16.5. The molecular weight excluding hydrogens is 198 g/mol. The molecule has 3 atom stereocenters. The molecule has 0 radical (unpaired) electrons. The summed E-state index contributed by atoms with van der Waals surface area (Å²) >= 11 is 0. The van der Waals surface area contributed by atoms with E-state index in [0.717, 1.165) is 12.8 Å². The number of nitrogens with two attached hydrogens (primary N) is 1. The van der Waals surface area contributed by atoms with Gasteiger partial charge in [-0.25, -0.2) is 10.4 Å². The number of aliphatic hydroxyl groups excluding tert-OH is 1. The van der Waals surface area contributed by atoms with Crippen molar-refractivity contribution in [1.82, 2.24) is 10.4 Å². The van der Waals surface area contributed by atoms with Crippen molar-refractivity contribution in [2.45, 2.75) is 38.1 Å². The van der Waals surface area contributed by atoms with Crippen LogP contribution in [0.15, 0.2) is 0 Å². The normalized spacial score (nSPS) is 27.1. The lowest BCUT2D eigenvalue weighted by Crippen LogP contribution is -2.60. The molecule has 0 aromatic carbocycles. The first-order valence-electron chi connectivity index (χ1n) is 5.10. The molecule has 0 saturated carbocycles. The van der Waals surface area contributed by atoms with Gasteiger partial charge in [-0.05, 0) is 19.8 Å². The fraction of sp³-hybridized carbons (Fsp3) is 0.889. The number of hydrazine groups is 1. The summed E-state index contributed by atoms with van der Waals surface area (Å²) in [4.78, 5) is 11.3. The second kappa shape index (κ2) is 5.41. The highest BCUT2D eigenvalue weighted by Gasteiger charge is 2.30. The van der Waals surface area contributed by atoms with E-state index < -0.39 is 6.23 Å². The van der Waals surface area contributed by atoms with Gasteiger partial charge in [0.05, 0.1) is 7.11 Å². The number of hydrogen-bond donors (Lipinski definition) is 3. The van der Waals surface area contributed by atoms with E-state index in [-0.39, 0.29) is 18.1 Å². The molecule has 6 heteroatoms.